The number of carbonyl (C=O) groups excluding carboxylic acids is 2. The summed E-state index contributed by atoms with van der Waals surface area (Å²) in [5, 5.41) is 9.78. The maximum atomic E-state index is 13.3. The number of nitrogens with zero attached hydrogens (tertiary/aromatic N) is 4. The first-order valence-electron chi connectivity index (χ1n) is 11.8. The van der Waals surface area contributed by atoms with Gasteiger partial charge in [-0.3, -0.25) is 19.9 Å². The van der Waals surface area contributed by atoms with E-state index in [2.05, 4.69) is 42.6 Å². The van der Waals surface area contributed by atoms with Crippen LogP contribution in [0.2, 0.25) is 0 Å². The van der Waals surface area contributed by atoms with Crippen LogP contribution in [-0.2, 0) is 11.0 Å². The number of hydrogen-bond acceptors (Lipinski definition) is 8. The smallest absolute Gasteiger partial charge is 0.338 e. The van der Waals surface area contributed by atoms with Gasteiger partial charge >= 0.3 is 12.2 Å². The second-order valence-electron chi connectivity index (χ2n) is 8.83. The van der Waals surface area contributed by atoms with Crippen molar-refractivity contribution < 1.29 is 22.8 Å². The van der Waals surface area contributed by atoms with Crippen LogP contribution in [0.5, 0.6) is 0 Å². The van der Waals surface area contributed by atoms with Crippen LogP contribution in [0, 0.1) is 12.8 Å². The van der Waals surface area contributed by atoms with Gasteiger partial charge in [0.15, 0.2) is 11.5 Å². The molecular weight excluding hydrogens is 495 g/mol. The standard InChI is InChI=1S/C23H29F3N7O2S/c1-3-28-22(35)31-20-8-15(21-30-19(13-36-21)23(24,25)26)16(9-29-20)17-10-27-4-5-33(17)7-6-32-11-14(2)18(34)12-32/h8-9,13-14,17,27H,2-7,10-12H2,1H3,(H2,28,29,31,35). The Labute approximate surface area is 211 Å². The van der Waals surface area contributed by atoms with Gasteiger partial charge in [0.05, 0.1) is 6.54 Å². The lowest BCUT2D eigenvalue weighted by atomic mass is 9.99. The normalized spacial score (nSPS) is 21.6. The quantitative estimate of drug-likeness (QED) is 0.512. The highest BCUT2D eigenvalue weighted by Gasteiger charge is 2.35. The first-order valence-corrected chi connectivity index (χ1v) is 12.6. The number of urea groups is 1. The van der Waals surface area contributed by atoms with E-state index in [4.69, 9.17) is 0 Å². The van der Waals surface area contributed by atoms with Crippen molar-refractivity contribution in [3.63, 3.8) is 0 Å². The highest BCUT2D eigenvalue weighted by Crippen LogP contribution is 2.38. The minimum Gasteiger partial charge on any atom is -0.338 e. The summed E-state index contributed by atoms with van der Waals surface area (Å²) in [6.45, 7) is 10.5. The van der Waals surface area contributed by atoms with E-state index in [0.717, 1.165) is 35.4 Å². The first-order chi connectivity index (χ1) is 17.2. The average Bonchev–Trinajstić information content (AvgIpc) is 3.45. The van der Waals surface area contributed by atoms with Crippen LogP contribution in [0.3, 0.4) is 0 Å². The van der Waals surface area contributed by atoms with E-state index in [9.17, 15) is 22.8 Å². The summed E-state index contributed by atoms with van der Waals surface area (Å²) in [4.78, 5) is 36.5. The fourth-order valence-corrected chi connectivity index (χ4v) is 5.29. The lowest BCUT2D eigenvalue weighted by Gasteiger charge is -2.38. The van der Waals surface area contributed by atoms with Crippen LogP contribution in [0.1, 0.15) is 24.2 Å². The number of rotatable bonds is 7. The van der Waals surface area contributed by atoms with Crippen molar-refractivity contribution >= 4 is 29.0 Å². The zero-order chi connectivity index (χ0) is 25.9. The van der Waals surface area contributed by atoms with E-state index in [1.54, 1.807) is 19.2 Å². The van der Waals surface area contributed by atoms with Gasteiger partial charge in [0, 0.05) is 74.9 Å². The van der Waals surface area contributed by atoms with E-state index in [0.29, 0.717) is 44.8 Å². The molecule has 0 bridgehead atoms. The molecule has 13 heteroatoms. The van der Waals surface area contributed by atoms with Crippen LogP contribution in [0.4, 0.5) is 23.8 Å². The fourth-order valence-electron chi connectivity index (χ4n) is 4.42. The highest BCUT2D eigenvalue weighted by atomic mass is 32.1. The van der Waals surface area contributed by atoms with Gasteiger partial charge in [-0.05, 0) is 25.5 Å². The van der Waals surface area contributed by atoms with Crippen LogP contribution in [-0.4, -0.2) is 83.9 Å². The molecule has 2 atom stereocenters. The van der Waals surface area contributed by atoms with Crippen LogP contribution in [0.15, 0.2) is 17.6 Å². The number of pyridine rings is 1. The van der Waals surface area contributed by atoms with Gasteiger partial charge < -0.3 is 10.6 Å². The summed E-state index contributed by atoms with van der Waals surface area (Å²) in [5.41, 5.74) is 0.257. The number of likely N-dealkylation sites (tertiary alicyclic amines) is 1. The Balaban J connectivity index is 1.63. The minimum atomic E-state index is -4.55. The van der Waals surface area contributed by atoms with Gasteiger partial charge in [-0.15, -0.1) is 11.3 Å². The Morgan fingerprint density at radius 2 is 2.17 bits per heavy atom. The van der Waals surface area contributed by atoms with Crippen LogP contribution >= 0.6 is 11.3 Å². The molecule has 3 N–H and O–H groups in total. The van der Waals surface area contributed by atoms with E-state index in [1.807, 2.05) is 0 Å². The number of anilines is 1. The Kier molecular flexibility index (Phi) is 8.23. The summed E-state index contributed by atoms with van der Waals surface area (Å²) >= 11 is 0.902. The number of amides is 2. The van der Waals surface area contributed by atoms with Gasteiger partial charge in [0.1, 0.15) is 10.8 Å². The van der Waals surface area contributed by atoms with Crippen LogP contribution in [0.25, 0.3) is 10.6 Å². The molecular formula is C23H29F3N7O2S. The van der Waals surface area contributed by atoms with Gasteiger partial charge in [0.25, 0.3) is 0 Å². The maximum absolute atomic E-state index is 13.3. The Morgan fingerprint density at radius 1 is 1.36 bits per heavy atom. The van der Waals surface area contributed by atoms with Crippen molar-refractivity contribution in [2.45, 2.75) is 19.1 Å². The van der Waals surface area contributed by atoms with Crippen molar-refractivity contribution in [1.29, 1.82) is 0 Å². The van der Waals surface area contributed by atoms with E-state index < -0.39 is 17.9 Å². The van der Waals surface area contributed by atoms with Gasteiger partial charge in [-0.25, -0.2) is 14.8 Å². The van der Waals surface area contributed by atoms with E-state index >= 15 is 0 Å². The van der Waals surface area contributed by atoms with Crippen molar-refractivity contribution in [3.8, 4) is 10.6 Å². The Morgan fingerprint density at radius 3 is 2.83 bits per heavy atom. The summed E-state index contributed by atoms with van der Waals surface area (Å²) in [6.07, 6.45) is -2.96. The molecule has 2 unspecified atom stereocenters. The van der Waals surface area contributed by atoms with Crippen molar-refractivity contribution in [1.82, 2.24) is 30.4 Å². The summed E-state index contributed by atoms with van der Waals surface area (Å²) < 4.78 is 39.9. The van der Waals surface area contributed by atoms with Gasteiger partial charge in [-0.2, -0.15) is 13.2 Å². The molecule has 0 aromatic carbocycles. The third kappa shape index (κ3) is 6.20. The summed E-state index contributed by atoms with van der Waals surface area (Å²) in [6, 6.07) is 0.943. The molecule has 9 nitrogen and oxygen atoms in total. The average molecular weight is 525 g/mol. The van der Waals surface area contributed by atoms with Gasteiger partial charge in [0.2, 0.25) is 0 Å². The molecule has 36 heavy (non-hydrogen) atoms. The largest absolute Gasteiger partial charge is 0.434 e. The molecule has 2 amide bonds. The number of carbonyl (C=O) groups is 2. The number of hydrogen-bond donors (Lipinski definition) is 3. The topological polar surface area (TPSA) is 102 Å². The highest BCUT2D eigenvalue weighted by molar-refractivity contribution is 7.13. The molecule has 2 fully saturated rings. The van der Waals surface area contributed by atoms with Crippen molar-refractivity contribution in [3.05, 3.63) is 35.8 Å². The summed E-state index contributed by atoms with van der Waals surface area (Å²) in [5.74, 6) is 0.144. The summed E-state index contributed by atoms with van der Waals surface area (Å²) in [7, 11) is 0. The number of halogens is 3. The van der Waals surface area contributed by atoms with E-state index in [1.165, 1.54) is 0 Å². The molecule has 195 valence electrons. The van der Waals surface area contributed by atoms with E-state index in [-0.39, 0.29) is 28.6 Å². The molecule has 1 radical (unpaired) electrons. The molecule has 4 rings (SSSR count). The molecule has 0 aliphatic carbocycles. The number of Topliss-reactive ketones (excluding diaryl/α,β-unsaturated/α-hetero) is 1. The molecule has 0 spiro atoms. The number of alkyl halides is 3. The van der Waals surface area contributed by atoms with Crippen molar-refractivity contribution in [2.75, 3.05) is 57.7 Å². The van der Waals surface area contributed by atoms with Gasteiger partial charge in [-0.1, -0.05) is 0 Å². The number of aromatic nitrogens is 2. The number of nitrogens with one attached hydrogen (secondary N) is 3. The lowest BCUT2D eigenvalue weighted by molar-refractivity contribution is -0.140. The third-order valence-electron chi connectivity index (χ3n) is 6.27. The fraction of sp³-hybridized carbons (Fsp3) is 0.522. The number of thiazole rings is 1. The molecule has 2 aromatic heterocycles. The molecule has 2 aliphatic rings. The second-order valence-corrected chi connectivity index (χ2v) is 9.69. The Hall–Kier alpha value is -2.61. The zero-order valence-electron chi connectivity index (χ0n) is 19.9. The first kappa shape index (κ1) is 26.5. The predicted molar refractivity (Wildman–Crippen MR) is 131 cm³/mol. The molecule has 2 aromatic rings. The minimum absolute atomic E-state index is 0.137. The van der Waals surface area contributed by atoms with Crippen LogP contribution < -0.4 is 16.0 Å². The third-order valence-corrected chi connectivity index (χ3v) is 7.14. The molecule has 2 saturated heterocycles. The number of piperazine rings is 1. The lowest BCUT2D eigenvalue weighted by Crippen LogP contribution is -2.48. The Bertz CT molecular complexity index is 1090. The zero-order valence-corrected chi connectivity index (χ0v) is 20.7. The predicted octanol–water partition coefficient (Wildman–Crippen LogP) is 2.65. The number of ketones is 1. The monoisotopic (exact) mass is 524 g/mol. The molecule has 2 aliphatic heterocycles. The molecule has 0 saturated carbocycles. The second kappa shape index (κ2) is 11.2. The SMILES string of the molecule is [CH2]C1CN(CCN2CCNCC2c2cnc(NC(=O)NCC)cc2-c2nc(C(F)(F)F)cs2)CC1=O. The van der Waals surface area contributed by atoms with Crippen molar-refractivity contribution in [2.24, 2.45) is 5.92 Å². The maximum Gasteiger partial charge on any atom is 0.434 e. The molecule has 4 heterocycles.